The van der Waals surface area contributed by atoms with E-state index >= 15 is 0 Å². The molecule has 1 N–H and O–H groups in total. The predicted molar refractivity (Wildman–Crippen MR) is 118 cm³/mol. The summed E-state index contributed by atoms with van der Waals surface area (Å²) in [6.45, 7) is 6.64. The van der Waals surface area contributed by atoms with Crippen molar-refractivity contribution in [2.75, 3.05) is 13.7 Å². The number of nitriles is 1. The molecule has 32 heavy (non-hydrogen) atoms. The lowest BCUT2D eigenvalue weighted by molar-refractivity contribution is 0.0408. The summed E-state index contributed by atoms with van der Waals surface area (Å²) < 4.78 is 7.15. The van der Waals surface area contributed by atoms with Crippen LogP contribution in [0.2, 0.25) is 0 Å². The van der Waals surface area contributed by atoms with E-state index in [1.54, 1.807) is 30.5 Å². The molecule has 9 nitrogen and oxygen atoms in total. The Morgan fingerprint density at radius 1 is 1.31 bits per heavy atom. The molecular weight excluding hydrogens is 408 g/mol. The van der Waals surface area contributed by atoms with Gasteiger partial charge in [0.1, 0.15) is 11.6 Å². The standard InChI is InChI=1S/C23H26N6O3/c1-23(2,3)18-9-16(7-8-28(18)22(30)31)29-13-15(12-26-29)20-14(10-24)11-25-17-5-6-19(32-4)27-21(17)20/h5-6,11-13,16,18H,7-9H2,1-4H3,(H,30,31). The van der Waals surface area contributed by atoms with Crippen molar-refractivity contribution in [3.63, 3.8) is 0 Å². The van der Waals surface area contributed by atoms with Crippen molar-refractivity contribution in [2.45, 2.75) is 45.7 Å². The molecule has 1 amide bonds. The molecular formula is C23H26N6O3. The van der Waals surface area contributed by atoms with Crippen molar-refractivity contribution >= 4 is 17.1 Å². The number of amides is 1. The van der Waals surface area contributed by atoms with Gasteiger partial charge >= 0.3 is 6.09 Å². The molecule has 2 unspecified atom stereocenters. The lowest BCUT2D eigenvalue weighted by Crippen LogP contribution is -2.51. The number of rotatable bonds is 3. The van der Waals surface area contributed by atoms with Crippen LogP contribution in [-0.2, 0) is 0 Å². The summed E-state index contributed by atoms with van der Waals surface area (Å²) in [4.78, 5) is 22.2. The fourth-order valence-corrected chi connectivity index (χ4v) is 4.44. The molecule has 4 heterocycles. The maximum Gasteiger partial charge on any atom is 0.407 e. The number of ether oxygens (including phenoxy) is 1. The third-order valence-electron chi connectivity index (χ3n) is 6.10. The van der Waals surface area contributed by atoms with E-state index in [0.29, 0.717) is 47.4 Å². The number of likely N-dealkylation sites (tertiary alicyclic amines) is 1. The lowest BCUT2D eigenvalue weighted by Gasteiger charge is -2.44. The molecule has 1 saturated heterocycles. The van der Waals surface area contributed by atoms with Gasteiger partial charge in [0.05, 0.1) is 30.4 Å². The van der Waals surface area contributed by atoms with Crippen LogP contribution in [0.4, 0.5) is 4.79 Å². The maximum atomic E-state index is 11.7. The van der Waals surface area contributed by atoms with Crippen molar-refractivity contribution in [1.29, 1.82) is 5.26 Å². The smallest absolute Gasteiger partial charge is 0.407 e. The van der Waals surface area contributed by atoms with Crippen molar-refractivity contribution in [3.05, 3.63) is 36.3 Å². The normalized spacial score (nSPS) is 19.0. The van der Waals surface area contributed by atoms with Gasteiger partial charge in [0.15, 0.2) is 0 Å². The van der Waals surface area contributed by atoms with Gasteiger partial charge in [0, 0.05) is 42.2 Å². The quantitative estimate of drug-likeness (QED) is 0.659. The number of nitrogens with zero attached hydrogens (tertiary/aromatic N) is 6. The van der Waals surface area contributed by atoms with Crippen molar-refractivity contribution in [3.8, 4) is 23.1 Å². The molecule has 1 aliphatic rings. The molecule has 2 atom stereocenters. The number of hydrogen-bond donors (Lipinski definition) is 1. The van der Waals surface area contributed by atoms with Gasteiger partial charge < -0.3 is 14.7 Å². The third kappa shape index (κ3) is 3.84. The molecule has 1 aliphatic heterocycles. The minimum absolute atomic E-state index is 0.0599. The number of methoxy groups -OCH3 is 1. The third-order valence-corrected chi connectivity index (χ3v) is 6.10. The fourth-order valence-electron chi connectivity index (χ4n) is 4.44. The van der Waals surface area contributed by atoms with E-state index in [-0.39, 0.29) is 17.5 Å². The van der Waals surface area contributed by atoms with Gasteiger partial charge in [-0.15, -0.1) is 0 Å². The van der Waals surface area contributed by atoms with E-state index in [9.17, 15) is 15.2 Å². The monoisotopic (exact) mass is 434 g/mol. The number of pyridine rings is 2. The highest BCUT2D eigenvalue weighted by Crippen LogP contribution is 2.38. The number of aromatic nitrogens is 4. The van der Waals surface area contributed by atoms with Crippen LogP contribution < -0.4 is 4.74 Å². The zero-order valence-corrected chi connectivity index (χ0v) is 18.6. The minimum Gasteiger partial charge on any atom is -0.481 e. The molecule has 0 aromatic carbocycles. The SMILES string of the molecule is COc1ccc2ncc(C#N)c(-c3cnn(C4CCN(C(=O)O)C(C(C)(C)C)C4)c3)c2n1. The molecule has 0 spiro atoms. The largest absolute Gasteiger partial charge is 0.481 e. The van der Waals surface area contributed by atoms with Gasteiger partial charge in [-0.2, -0.15) is 10.4 Å². The highest BCUT2D eigenvalue weighted by atomic mass is 16.5. The Morgan fingerprint density at radius 2 is 2.09 bits per heavy atom. The predicted octanol–water partition coefficient (Wildman–Crippen LogP) is 4.10. The van der Waals surface area contributed by atoms with E-state index in [1.165, 1.54) is 0 Å². The van der Waals surface area contributed by atoms with Gasteiger partial charge in [-0.1, -0.05) is 20.8 Å². The van der Waals surface area contributed by atoms with E-state index in [0.717, 1.165) is 5.56 Å². The van der Waals surface area contributed by atoms with Crippen LogP contribution in [0.25, 0.3) is 22.2 Å². The van der Waals surface area contributed by atoms with Crippen molar-refractivity contribution < 1.29 is 14.6 Å². The van der Waals surface area contributed by atoms with E-state index in [1.807, 2.05) is 16.9 Å². The first-order chi connectivity index (χ1) is 15.2. The molecule has 3 aromatic rings. The first-order valence-electron chi connectivity index (χ1n) is 10.5. The van der Waals surface area contributed by atoms with Crippen LogP contribution in [0.15, 0.2) is 30.7 Å². The zero-order chi connectivity index (χ0) is 23.0. The summed E-state index contributed by atoms with van der Waals surface area (Å²) in [5, 5.41) is 23.9. The number of hydrogen-bond acceptors (Lipinski definition) is 6. The molecule has 0 radical (unpaired) electrons. The van der Waals surface area contributed by atoms with Crippen LogP contribution in [0.1, 0.15) is 45.2 Å². The van der Waals surface area contributed by atoms with E-state index in [2.05, 4.69) is 41.9 Å². The molecule has 0 bridgehead atoms. The molecule has 3 aromatic heterocycles. The Balaban J connectivity index is 1.73. The van der Waals surface area contributed by atoms with Crippen LogP contribution in [0.3, 0.4) is 0 Å². The number of piperidine rings is 1. The van der Waals surface area contributed by atoms with Gasteiger partial charge in [0.2, 0.25) is 5.88 Å². The molecule has 9 heteroatoms. The summed E-state index contributed by atoms with van der Waals surface area (Å²) in [5.41, 5.74) is 2.89. The van der Waals surface area contributed by atoms with E-state index in [4.69, 9.17) is 4.74 Å². The Morgan fingerprint density at radius 3 is 2.75 bits per heavy atom. The van der Waals surface area contributed by atoms with Gasteiger partial charge in [-0.25, -0.2) is 9.78 Å². The summed E-state index contributed by atoms with van der Waals surface area (Å²) in [6, 6.07) is 5.69. The summed E-state index contributed by atoms with van der Waals surface area (Å²) in [5.74, 6) is 0.442. The molecule has 0 aliphatic carbocycles. The number of carbonyl (C=O) groups is 1. The Labute approximate surface area is 186 Å². The molecule has 4 rings (SSSR count). The zero-order valence-electron chi connectivity index (χ0n) is 18.6. The minimum atomic E-state index is -0.883. The van der Waals surface area contributed by atoms with Crippen LogP contribution >= 0.6 is 0 Å². The molecule has 1 fully saturated rings. The average molecular weight is 435 g/mol. The average Bonchev–Trinajstić information content (AvgIpc) is 3.26. The van der Waals surface area contributed by atoms with Gasteiger partial charge in [-0.3, -0.25) is 9.67 Å². The second kappa shape index (κ2) is 8.11. The van der Waals surface area contributed by atoms with E-state index < -0.39 is 6.09 Å². The summed E-state index contributed by atoms with van der Waals surface area (Å²) in [7, 11) is 1.54. The highest BCUT2D eigenvalue weighted by molar-refractivity contribution is 5.94. The molecule has 166 valence electrons. The topological polar surface area (TPSA) is 117 Å². The summed E-state index contributed by atoms with van der Waals surface area (Å²) in [6.07, 6.45) is 5.65. The van der Waals surface area contributed by atoms with Crippen LogP contribution in [0.5, 0.6) is 5.88 Å². The second-order valence-electron chi connectivity index (χ2n) is 9.13. The fraction of sp³-hybridized carbons (Fsp3) is 0.435. The number of carboxylic acid groups (broad SMARTS) is 1. The summed E-state index contributed by atoms with van der Waals surface area (Å²) >= 11 is 0. The van der Waals surface area contributed by atoms with Crippen LogP contribution in [0, 0.1) is 16.7 Å². The van der Waals surface area contributed by atoms with Crippen LogP contribution in [-0.4, -0.2) is 55.5 Å². The highest BCUT2D eigenvalue weighted by Gasteiger charge is 2.39. The first kappa shape index (κ1) is 21.6. The molecule has 0 saturated carbocycles. The Bertz CT molecular complexity index is 1210. The second-order valence-corrected chi connectivity index (χ2v) is 9.13. The number of fused-ring (bicyclic) bond motifs is 1. The van der Waals surface area contributed by atoms with Crippen molar-refractivity contribution in [1.82, 2.24) is 24.6 Å². The maximum absolute atomic E-state index is 11.7. The van der Waals surface area contributed by atoms with Gasteiger partial charge in [0.25, 0.3) is 0 Å². The first-order valence-corrected chi connectivity index (χ1v) is 10.5. The van der Waals surface area contributed by atoms with Crippen molar-refractivity contribution in [2.24, 2.45) is 5.41 Å². The lowest BCUT2D eigenvalue weighted by atomic mass is 9.79. The Kier molecular flexibility index (Phi) is 5.46. The van der Waals surface area contributed by atoms with Gasteiger partial charge in [-0.05, 0) is 24.3 Å². The Hall–Kier alpha value is -3.67.